The molecular formula is C16H13Cl2NO2. The van der Waals surface area contributed by atoms with Gasteiger partial charge in [-0.05, 0) is 36.8 Å². The van der Waals surface area contributed by atoms with Gasteiger partial charge in [0.2, 0.25) is 0 Å². The topological polar surface area (TPSA) is 29.5 Å². The van der Waals surface area contributed by atoms with Gasteiger partial charge in [-0.25, -0.2) is 0 Å². The van der Waals surface area contributed by atoms with E-state index < -0.39 is 6.10 Å². The summed E-state index contributed by atoms with van der Waals surface area (Å²) >= 11 is 12.1. The Morgan fingerprint density at radius 1 is 1.19 bits per heavy atom. The van der Waals surface area contributed by atoms with Crippen LogP contribution in [0, 0.1) is 0 Å². The summed E-state index contributed by atoms with van der Waals surface area (Å²) in [6.07, 6.45) is -0.508. The predicted octanol–water partition coefficient (Wildman–Crippen LogP) is 4.31. The SMILES string of the molecule is C[C@@H]1Oc2ccccc2N(Cc2ccc(Cl)cc2Cl)C1=O. The molecule has 0 N–H and O–H groups in total. The highest BCUT2D eigenvalue weighted by atomic mass is 35.5. The lowest BCUT2D eigenvalue weighted by Crippen LogP contribution is -2.44. The Balaban J connectivity index is 1.99. The third-order valence-corrected chi connectivity index (χ3v) is 4.00. The first-order valence-electron chi connectivity index (χ1n) is 6.57. The lowest BCUT2D eigenvalue weighted by atomic mass is 10.1. The monoisotopic (exact) mass is 321 g/mol. The number of fused-ring (bicyclic) bond motifs is 1. The highest BCUT2D eigenvalue weighted by molar-refractivity contribution is 6.35. The van der Waals surface area contributed by atoms with Crippen LogP contribution < -0.4 is 9.64 Å². The second-order valence-electron chi connectivity index (χ2n) is 4.89. The van der Waals surface area contributed by atoms with Gasteiger partial charge in [-0.2, -0.15) is 0 Å². The van der Waals surface area contributed by atoms with E-state index in [9.17, 15) is 4.79 Å². The van der Waals surface area contributed by atoms with Crippen molar-refractivity contribution in [3.8, 4) is 5.75 Å². The van der Waals surface area contributed by atoms with E-state index >= 15 is 0 Å². The first kappa shape index (κ1) is 14.2. The maximum absolute atomic E-state index is 12.4. The molecule has 2 aromatic carbocycles. The summed E-state index contributed by atoms with van der Waals surface area (Å²) in [7, 11) is 0. The summed E-state index contributed by atoms with van der Waals surface area (Å²) < 4.78 is 5.62. The van der Waals surface area contributed by atoms with E-state index in [4.69, 9.17) is 27.9 Å². The quantitative estimate of drug-likeness (QED) is 0.825. The lowest BCUT2D eigenvalue weighted by Gasteiger charge is -2.33. The van der Waals surface area contributed by atoms with Crippen molar-refractivity contribution in [1.82, 2.24) is 0 Å². The number of hydrogen-bond donors (Lipinski definition) is 0. The van der Waals surface area contributed by atoms with Crippen LogP contribution in [0.15, 0.2) is 42.5 Å². The molecule has 108 valence electrons. The van der Waals surface area contributed by atoms with E-state index in [2.05, 4.69) is 0 Å². The molecule has 1 heterocycles. The van der Waals surface area contributed by atoms with Crippen molar-refractivity contribution in [2.75, 3.05) is 4.90 Å². The zero-order chi connectivity index (χ0) is 15.0. The zero-order valence-corrected chi connectivity index (χ0v) is 12.9. The number of carbonyl (C=O) groups is 1. The molecule has 1 aliphatic heterocycles. The number of amides is 1. The molecule has 0 bridgehead atoms. The van der Waals surface area contributed by atoms with E-state index in [-0.39, 0.29) is 5.91 Å². The molecule has 0 saturated carbocycles. The molecule has 3 nitrogen and oxygen atoms in total. The van der Waals surface area contributed by atoms with E-state index in [1.807, 2.05) is 30.3 Å². The molecule has 0 aromatic heterocycles. The minimum absolute atomic E-state index is 0.0836. The summed E-state index contributed by atoms with van der Waals surface area (Å²) in [5.74, 6) is 0.620. The molecule has 3 rings (SSSR count). The molecule has 1 aliphatic rings. The molecule has 21 heavy (non-hydrogen) atoms. The van der Waals surface area contributed by atoms with Gasteiger partial charge < -0.3 is 9.64 Å². The first-order chi connectivity index (χ1) is 10.1. The van der Waals surface area contributed by atoms with Crippen molar-refractivity contribution in [1.29, 1.82) is 0 Å². The van der Waals surface area contributed by atoms with E-state index in [1.54, 1.807) is 24.0 Å². The maximum atomic E-state index is 12.4. The van der Waals surface area contributed by atoms with Crippen LogP contribution in [0.4, 0.5) is 5.69 Å². The minimum Gasteiger partial charge on any atom is -0.479 e. The van der Waals surface area contributed by atoms with Gasteiger partial charge in [0.15, 0.2) is 6.10 Å². The highest BCUT2D eigenvalue weighted by Gasteiger charge is 2.31. The third-order valence-electron chi connectivity index (χ3n) is 3.42. The van der Waals surface area contributed by atoms with E-state index in [0.717, 1.165) is 11.3 Å². The number of nitrogens with zero attached hydrogens (tertiary/aromatic N) is 1. The zero-order valence-electron chi connectivity index (χ0n) is 11.3. The second-order valence-corrected chi connectivity index (χ2v) is 5.73. The number of hydrogen-bond acceptors (Lipinski definition) is 2. The van der Waals surface area contributed by atoms with Gasteiger partial charge in [-0.1, -0.05) is 41.4 Å². The van der Waals surface area contributed by atoms with Crippen LogP contribution in [-0.2, 0) is 11.3 Å². The molecule has 0 radical (unpaired) electrons. The van der Waals surface area contributed by atoms with Crippen LogP contribution in [0.25, 0.3) is 0 Å². The Morgan fingerprint density at radius 3 is 2.71 bits per heavy atom. The Kier molecular flexibility index (Phi) is 3.79. The molecule has 0 spiro atoms. The molecule has 0 aliphatic carbocycles. The van der Waals surface area contributed by atoms with Gasteiger partial charge in [-0.15, -0.1) is 0 Å². The minimum atomic E-state index is -0.508. The van der Waals surface area contributed by atoms with E-state index in [0.29, 0.717) is 22.3 Å². The van der Waals surface area contributed by atoms with Gasteiger partial charge in [0.25, 0.3) is 5.91 Å². The standard InChI is InChI=1S/C16H13Cl2NO2/c1-10-16(20)19(14-4-2-3-5-15(14)21-10)9-11-6-7-12(17)8-13(11)18/h2-8,10H,9H2,1H3/t10-/m0/s1. The fourth-order valence-corrected chi connectivity index (χ4v) is 2.81. The fourth-order valence-electron chi connectivity index (χ4n) is 2.34. The Bertz CT molecular complexity index is 702. The van der Waals surface area contributed by atoms with Crippen LogP contribution >= 0.6 is 23.2 Å². The van der Waals surface area contributed by atoms with Crippen molar-refractivity contribution < 1.29 is 9.53 Å². The maximum Gasteiger partial charge on any atom is 0.268 e. The van der Waals surface area contributed by atoms with Crippen LogP contribution in [0.3, 0.4) is 0 Å². The lowest BCUT2D eigenvalue weighted by molar-refractivity contribution is -0.125. The second kappa shape index (κ2) is 5.58. The van der Waals surface area contributed by atoms with Crippen molar-refractivity contribution in [2.45, 2.75) is 19.6 Å². The van der Waals surface area contributed by atoms with Crippen LogP contribution in [-0.4, -0.2) is 12.0 Å². The smallest absolute Gasteiger partial charge is 0.268 e. The molecule has 5 heteroatoms. The van der Waals surface area contributed by atoms with E-state index in [1.165, 1.54) is 0 Å². The first-order valence-corrected chi connectivity index (χ1v) is 7.33. The highest BCUT2D eigenvalue weighted by Crippen LogP contribution is 2.35. The van der Waals surface area contributed by atoms with Crippen molar-refractivity contribution in [3.63, 3.8) is 0 Å². The number of rotatable bonds is 2. The third kappa shape index (κ3) is 2.71. The Hall–Kier alpha value is -1.71. The molecule has 1 atom stereocenters. The van der Waals surface area contributed by atoms with Gasteiger partial charge in [0.05, 0.1) is 12.2 Å². The molecule has 0 fully saturated rings. The van der Waals surface area contributed by atoms with Crippen LogP contribution in [0.5, 0.6) is 5.75 Å². The summed E-state index contributed by atoms with van der Waals surface area (Å²) in [5, 5.41) is 1.12. The Labute approximate surface area is 133 Å². The number of halogens is 2. The fraction of sp³-hybridized carbons (Fsp3) is 0.188. The van der Waals surface area contributed by atoms with Crippen LogP contribution in [0.1, 0.15) is 12.5 Å². The molecule has 0 saturated heterocycles. The van der Waals surface area contributed by atoms with Crippen molar-refractivity contribution >= 4 is 34.8 Å². The van der Waals surface area contributed by atoms with Gasteiger partial charge in [0, 0.05) is 10.0 Å². The average molecular weight is 322 g/mol. The predicted molar refractivity (Wildman–Crippen MR) is 84.2 cm³/mol. The number of para-hydroxylation sites is 2. The van der Waals surface area contributed by atoms with Gasteiger partial charge in [0.1, 0.15) is 5.75 Å². The summed E-state index contributed by atoms with van der Waals surface area (Å²) in [6.45, 7) is 2.13. The number of carbonyl (C=O) groups excluding carboxylic acids is 1. The summed E-state index contributed by atoms with van der Waals surface area (Å²) in [5.41, 5.74) is 1.60. The molecule has 2 aromatic rings. The average Bonchev–Trinajstić information content (AvgIpc) is 2.46. The molecular weight excluding hydrogens is 309 g/mol. The molecule has 1 amide bonds. The molecule has 0 unspecified atom stereocenters. The van der Waals surface area contributed by atoms with Gasteiger partial charge >= 0.3 is 0 Å². The number of ether oxygens (including phenoxy) is 1. The largest absolute Gasteiger partial charge is 0.479 e. The van der Waals surface area contributed by atoms with Crippen LogP contribution in [0.2, 0.25) is 10.0 Å². The Morgan fingerprint density at radius 2 is 1.95 bits per heavy atom. The van der Waals surface area contributed by atoms with Crippen molar-refractivity contribution in [3.05, 3.63) is 58.1 Å². The summed E-state index contributed by atoms with van der Waals surface area (Å²) in [4.78, 5) is 14.1. The normalized spacial score (nSPS) is 17.4. The summed E-state index contributed by atoms with van der Waals surface area (Å²) in [6, 6.07) is 12.8. The van der Waals surface area contributed by atoms with Crippen molar-refractivity contribution in [2.24, 2.45) is 0 Å². The number of anilines is 1. The van der Waals surface area contributed by atoms with Gasteiger partial charge in [-0.3, -0.25) is 4.79 Å². The number of benzene rings is 2.